The van der Waals surface area contributed by atoms with Crippen LogP contribution in [-0.2, 0) is 4.74 Å². The summed E-state index contributed by atoms with van der Waals surface area (Å²) in [6, 6.07) is 11.4. The van der Waals surface area contributed by atoms with E-state index < -0.39 is 12.0 Å². The number of esters is 1. The summed E-state index contributed by atoms with van der Waals surface area (Å²) in [5, 5.41) is 5.24. The number of unbranched alkanes of at least 4 members (excludes halogenated alkanes) is 1. The molecule has 0 saturated heterocycles. The molecule has 2 N–H and O–H groups in total. The molecule has 0 atom stereocenters. The zero-order valence-corrected chi connectivity index (χ0v) is 12.9. The van der Waals surface area contributed by atoms with E-state index >= 15 is 0 Å². The van der Waals surface area contributed by atoms with Crippen LogP contribution in [0.15, 0.2) is 48.7 Å². The number of aromatic nitrogens is 1. The van der Waals surface area contributed by atoms with Crippen molar-refractivity contribution >= 4 is 23.5 Å². The topological polar surface area (TPSA) is 80.3 Å². The number of benzene rings is 1. The number of para-hydroxylation sites is 1. The molecule has 1 aromatic carbocycles. The second-order valence-electron chi connectivity index (χ2n) is 4.83. The highest BCUT2D eigenvalue weighted by Gasteiger charge is 2.14. The average molecular weight is 313 g/mol. The number of anilines is 2. The Morgan fingerprint density at radius 2 is 1.87 bits per heavy atom. The van der Waals surface area contributed by atoms with Crippen molar-refractivity contribution in [3.63, 3.8) is 0 Å². The number of pyridine rings is 1. The predicted molar refractivity (Wildman–Crippen MR) is 88.5 cm³/mol. The van der Waals surface area contributed by atoms with Gasteiger partial charge in [-0.3, -0.25) is 5.32 Å². The van der Waals surface area contributed by atoms with Crippen LogP contribution in [0.25, 0.3) is 0 Å². The summed E-state index contributed by atoms with van der Waals surface area (Å²) in [4.78, 5) is 28.1. The number of hydrogen-bond acceptors (Lipinski definition) is 4. The maximum Gasteiger partial charge on any atom is 0.340 e. The number of rotatable bonds is 6. The van der Waals surface area contributed by atoms with E-state index in [0.29, 0.717) is 23.7 Å². The van der Waals surface area contributed by atoms with Crippen LogP contribution < -0.4 is 10.6 Å². The number of hydrogen-bond donors (Lipinski definition) is 2. The first-order valence-electron chi connectivity index (χ1n) is 7.46. The molecule has 0 aliphatic carbocycles. The van der Waals surface area contributed by atoms with Crippen LogP contribution in [0.2, 0.25) is 0 Å². The normalized spacial score (nSPS) is 9.96. The van der Waals surface area contributed by atoms with Crippen molar-refractivity contribution in [3.05, 3.63) is 54.2 Å². The fourth-order valence-corrected chi connectivity index (χ4v) is 1.86. The minimum absolute atomic E-state index is 0.319. The maximum atomic E-state index is 12.1. The van der Waals surface area contributed by atoms with Gasteiger partial charge in [0.05, 0.1) is 17.9 Å². The van der Waals surface area contributed by atoms with Crippen molar-refractivity contribution in [2.75, 3.05) is 17.2 Å². The Morgan fingerprint density at radius 1 is 1.09 bits per heavy atom. The van der Waals surface area contributed by atoms with Gasteiger partial charge in [-0.05, 0) is 30.7 Å². The van der Waals surface area contributed by atoms with Gasteiger partial charge in [-0.25, -0.2) is 14.6 Å². The molecular formula is C17H19N3O3. The van der Waals surface area contributed by atoms with Crippen LogP contribution >= 0.6 is 0 Å². The van der Waals surface area contributed by atoms with Gasteiger partial charge < -0.3 is 10.1 Å². The molecule has 0 saturated carbocycles. The number of carbonyl (C=O) groups is 2. The fourth-order valence-electron chi connectivity index (χ4n) is 1.86. The molecule has 0 unspecified atom stereocenters. The Labute approximate surface area is 134 Å². The summed E-state index contributed by atoms with van der Waals surface area (Å²) >= 11 is 0. The van der Waals surface area contributed by atoms with Crippen molar-refractivity contribution in [1.29, 1.82) is 0 Å². The van der Waals surface area contributed by atoms with Gasteiger partial charge in [-0.1, -0.05) is 31.5 Å². The number of ether oxygens (including phenoxy) is 1. The van der Waals surface area contributed by atoms with E-state index in [2.05, 4.69) is 15.6 Å². The second-order valence-corrected chi connectivity index (χ2v) is 4.83. The Morgan fingerprint density at radius 3 is 2.61 bits per heavy atom. The molecule has 2 aromatic rings. The molecular weight excluding hydrogens is 294 g/mol. The van der Waals surface area contributed by atoms with Crippen molar-refractivity contribution in [2.24, 2.45) is 0 Å². The smallest absolute Gasteiger partial charge is 0.340 e. The van der Waals surface area contributed by atoms with E-state index in [4.69, 9.17) is 4.74 Å². The largest absolute Gasteiger partial charge is 0.462 e. The summed E-state index contributed by atoms with van der Waals surface area (Å²) in [5.41, 5.74) is 0.710. The Kier molecular flexibility index (Phi) is 6.11. The molecule has 0 radical (unpaired) electrons. The Bertz CT molecular complexity index is 659. The molecule has 6 nitrogen and oxygen atoms in total. The summed E-state index contributed by atoms with van der Waals surface area (Å²) in [6.07, 6.45) is 3.33. The van der Waals surface area contributed by atoms with Gasteiger partial charge in [0.25, 0.3) is 0 Å². The molecule has 0 fully saturated rings. The Balaban J connectivity index is 2.02. The van der Waals surface area contributed by atoms with Crippen LogP contribution in [0.4, 0.5) is 16.3 Å². The van der Waals surface area contributed by atoms with Gasteiger partial charge in [0, 0.05) is 6.20 Å². The SMILES string of the molecule is CCCCOC(=O)c1ccccc1NC(=O)Nc1ccccn1. The number of carbonyl (C=O) groups excluding carboxylic acids is 2. The number of urea groups is 1. The molecule has 2 rings (SSSR count). The average Bonchev–Trinajstić information content (AvgIpc) is 2.56. The van der Waals surface area contributed by atoms with Gasteiger partial charge in [-0.15, -0.1) is 0 Å². The third-order valence-corrected chi connectivity index (χ3v) is 3.03. The van der Waals surface area contributed by atoms with Crippen molar-refractivity contribution in [1.82, 2.24) is 4.98 Å². The van der Waals surface area contributed by atoms with Gasteiger partial charge >= 0.3 is 12.0 Å². The number of nitrogens with one attached hydrogen (secondary N) is 2. The highest BCUT2D eigenvalue weighted by Crippen LogP contribution is 2.17. The van der Waals surface area contributed by atoms with Gasteiger partial charge in [0.15, 0.2) is 0 Å². The summed E-state index contributed by atoms with van der Waals surface area (Å²) in [6.45, 7) is 2.38. The van der Waals surface area contributed by atoms with Crippen LogP contribution in [0.1, 0.15) is 30.1 Å². The molecule has 23 heavy (non-hydrogen) atoms. The molecule has 6 heteroatoms. The zero-order chi connectivity index (χ0) is 16.5. The standard InChI is InChI=1S/C17H19N3O3/c1-2-3-12-23-16(21)13-8-4-5-9-14(13)19-17(22)20-15-10-6-7-11-18-15/h4-11H,2-3,12H2,1H3,(H2,18,19,20,22). The van der Waals surface area contributed by atoms with Crippen LogP contribution in [0, 0.1) is 0 Å². The van der Waals surface area contributed by atoms with E-state index in [0.717, 1.165) is 12.8 Å². The third-order valence-electron chi connectivity index (χ3n) is 3.03. The van der Waals surface area contributed by atoms with Gasteiger partial charge in [0.2, 0.25) is 0 Å². The first kappa shape index (κ1) is 16.5. The maximum absolute atomic E-state index is 12.1. The highest BCUT2D eigenvalue weighted by atomic mass is 16.5. The Hall–Kier alpha value is -2.89. The molecule has 0 spiro atoms. The molecule has 1 heterocycles. The molecule has 120 valence electrons. The van der Waals surface area contributed by atoms with Crippen molar-refractivity contribution in [3.8, 4) is 0 Å². The number of nitrogens with zero attached hydrogens (tertiary/aromatic N) is 1. The van der Waals surface area contributed by atoms with Crippen LogP contribution in [0.5, 0.6) is 0 Å². The van der Waals surface area contributed by atoms with Crippen molar-refractivity contribution < 1.29 is 14.3 Å². The molecule has 0 aliphatic heterocycles. The highest BCUT2D eigenvalue weighted by molar-refractivity contribution is 6.04. The van der Waals surface area contributed by atoms with E-state index in [1.807, 2.05) is 6.92 Å². The monoisotopic (exact) mass is 313 g/mol. The molecule has 1 aromatic heterocycles. The lowest BCUT2D eigenvalue weighted by atomic mass is 10.2. The molecule has 0 aliphatic rings. The first-order chi connectivity index (χ1) is 11.2. The van der Waals surface area contributed by atoms with E-state index in [-0.39, 0.29) is 0 Å². The summed E-state index contributed by atoms with van der Waals surface area (Å²) < 4.78 is 5.19. The summed E-state index contributed by atoms with van der Waals surface area (Å²) in [7, 11) is 0. The lowest BCUT2D eigenvalue weighted by molar-refractivity contribution is 0.0501. The molecule has 2 amide bonds. The fraction of sp³-hybridized carbons (Fsp3) is 0.235. The summed E-state index contributed by atoms with van der Waals surface area (Å²) in [5.74, 6) is -0.0276. The van der Waals surface area contributed by atoms with E-state index in [1.165, 1.54) is 0 Å². The lowest BCUT2D eigenvalue weighted by Crippen LogP contribution is -2.22. The predicted octanol–water partition coefficient (Wildman–Crippen LogP) is 3.68. The zero-order valence-electron chi connectivity index (χ0n) is 12.9. The van der Waals surface area contributed by atoms with Crippen LogP contribution in [-0.4, -0.2) is 23.6 Å². The van der Waals surface area contributed by atoms with E-state index in [9.17, 15) is 9.59 Å². The van der Waals surface area contributed by atoms with Crippen LogP contribution in [0.3, 0.4) is 0 Å². The number of amides is 2. The lowest BCUT2D eigenvalue weighted by Gasteiger charge is -2.11. The van der Waals surface area contributed by atoms with Crippen molar-refractivity contribution in [2.45, 2.75) is 19.8 Å². The quantitative estimate of drug-likeness (QED) is 0.629. The first-order valence-corrected chi connectivity index (χ1v) is 7.46. The third kappa shape index (κ3) is 5.10. The van der Waals surface area contributed by atoms with E-state index in [1.54, 1.807) is 48.7 Å². The minimum atomic E-state index is -0.475. The minimum Gasteiger partial charge on any atom is -0.462 e. The second kappa shape index (κ2) is 8.53. The van der Waals surface area contributed by atoms with Gasteiger partial charge in [0.1, 0.15) is 5.82 Å². The van der Waals surface area contributed by atoms with Gasteiger partial charge in [-0.2, -0.15) is 0 Å². The molecule has 0 bridgehead atoms.